The van der Waals surface area contributed by atoms with Gasteiger partial charge in [-0.2, -0.15) is 0 Å². The van der Waals surface area contributed by atoms with E-state index in [0.29, 0.717) is 30.7 Å². The molecule has 158 valence electrons. The van der Waals surface area contributed by atoms with Crippen LogP contribution in [0.2, 0.25) is 0 Å². The van der Waals surface area contributed by atoms with Crippen LogP contribution in [0.1, 0.15) is 66.4 Å². The molecule has 2 amide bonds. The van der Waals surface area contributed by atoms with Crippen LogP contribution in [0, 0.1) is 11.8 Å². The van der Waals surface area contributed by atoms with Crippen LogP contribution in [0.15, 0.2) is 30.3 Å². The van der Waals surface area contributed by atoms with Crippen molar-refractivity contribution in [2.45, 2.75) is 57.5 Å². The Morgan fingerprint density at radius 2 is 1.80 bits per heavy atom. The third-order valence-electron chi connectivity index (χ3n) is 7.04. The van der Waals surface area contributed by atoms with Crippen molar-refractivity contribution in [2.24, 2.45) is 11.8 Å². The number of hydrogen-bond acceptors (Lipinski definition) is 4. The molecule has 3 aliphatic rings. The number of carbonyl (C=O) groups is 2. The maximum atomic E-state index is 13.0. The minimum Gasteiger partial charge on any atom is -0.345 e. The lowest BCUT2D eigenvalue weighted by Crippen LogP contribution is -2.35. The molecule has 0 unspecified atom stereocenters. The highest BCUT2D eigenvalue weighted by Crippen LogP contribution is 2.39. The molecule has 2 aliphatic heterocycles. The average molecular weight is 408 g/mol. The summed E-state index contributed by atoms with van der Waals surface area (Å²) in [5, 5.41) is 11.6. The van der Waals surface area contributed by atoms with Crippen molar-refractivity contribution in [3.8, 4) is 0 Å². The van der Waals surface area contributed by atoms with Crippen molar-refractivity contribution >= 4 is 11.8 Å². The molecule has 7 nitrogen and oxygen atoms in total. The second kappa shape index (κ2) is 8.20. The van der Waals surface area contributed by atoms with Crippen LogP contribution < -0.4 is 5.32 Å². The van der Waals surface area contributed by atoms with E-state index in [0.717, 1.165) is 43.7 Å². The molecule has 1 saturated heterocycles. The first-order valence-corrected chi connectivity index (χ1v) is 11.2. The summed E-state index contributed by atoms with van der Waals surface area (Å²) >= 11 is 0. The standard InChI is InChI=1S/C23H29N5O2/c29-22(24-13-16-7-3-1-4-8-16)21-26-25-20-19-15-27(14-18(19)11-12-28(20)21)23(30)17-9-5-2-6-10-17/h1,3-4,7-8,17-19H,2,5-6,9-15H2,(H,24,29)/t18-,19+/m0/s1. The number of fused-ring (bicyclic) bond motifs is 3. The molecule has 30 heavy (non-hydrogen) atoms. The minimum absolute atomic E-state index is 0.189. The first kappa shape index (κ1) is 19.3. The molecule has 0 bridgehead atoms. The van der Waals surface area contributed by atoms with Crippen LogP contribution in [-0.4, -0.2) is 44.6 Å². The lowest BCUT2D eigenvalue weighted by molar-refractivity contribution is -0.135. The summed E-state index contributed by atoms with van der Waals surface area (Å²) in [7, 11) is 0. The summed E-state index contributed by atoms with van der Waals surface area (Å²) in [5.41, 5.74) is 1.05. The number of carbonyl (C=O) groups excluding carboxylic acids is 2. The van der Waals surface area contributed by atoms with Gasteiger partial charge in [-0.05, 0) is 30.7 Å². The van der Waals surface area contributed by atoms with E-state index in [1.165, 1.54) is 19.3 Å². The van der Waals surface area contributed by atoms with Gasteiger partial charge in [0.2, 0.25) is 11.7 Å². The van der Waals surface area contributed by atoms with Crippen LogP contribution in [-0.2, 0) is 17.9 Å². The normalized spacial score (nSPS) is 23.7. The largest absolute Gasteiger partial charge is 0.345 e. The molecule has 5 rings (SSSR count). The van der Waals surface area contributed by atoms with Gasteiger partial charge in [0.25, 0.3) is 5.91 Å². The molecular formula is C23H29N5O2. The molecular weight excluding hydrogens is 378 g/mol. The van der Waals surface area contributed by atoms with Crippen molar-refractivity contribution in [3.05, 3.63) is 47.5 Å². The van der Waals surface area contributed by atoms with Gasteiger partial charge in [0.15, 0.2) is 0 Å². The molecule has 1 N–H and O–H groups in total. The van der Waals surface area contributed by atoms with Crippen molar-refractivity contribution in [1.29, 1.82) is 0 Å². The third kappa shape index (κ3) is 3.61. The molecule has 1 aromatic heterocycles. The molecule has 2 fully saturated rings. The van der Waals surface area contributed by atoms with Gasteiger partial charge < -0.3 is 14.8 Å². The van der Waals surface area contributed by atoms with Crippen LogP contribution in [0.4, 0.5) is 0 Å². The molecule has 7 heteroatoms. The Morgan fingerprint density at radius 1 is 1.00 bits per heavy atom. The summed E-state index contributed by atoms with van der Waals surface area (Å²) < 4.78 is 1.97. The predicted molar refractivity (Wildman–Crippen MR) is 112 cm³/mol. The fraction of sp³-hybridized carbons (Fsp3) is 0.565. The number of nitrogens with zero attached hydrogens (tertiary/aromatic N) is 4. The van der Waals surface area contributed by atoms with E-state index < -0.39 is 0 Å². The Hall–Kier alpha value is -2.70. The fourth-order valence-corrected chi connectivity index (χ4v) is 5.37. The summed E-state index contributed by atoms with van der Waals surface area (Å²) in [5.74, 6) is 2.21. The smallest absolute Gasteiger partial charge is 0.289 e. The Balaban J connectivity index is 1.27. The van der Waals surface area contributed by atoms with Gasteiger partial charge in [0.1, 0.15) is 5.82 Å². The number of rotatable bonds is 4. The highest BCUT2D eigenvalue weighted by Gasteiger charge is 2.43. The summed E-state index contributed by atoms with van der Waals surface area (Å²) in [6, 6.07) is 9.85. The SMILES string of the molecule is O=C(NCc1ccccc1)c1nnc2n1CC[C@H]1CN(C(=O)C3CCCCC3)C[C@@H]21. The lowest BCUT2D eigenvalue weighted by Gasteiger charge is -2.26. The van der Waals surface area contributed by atoms with Gasteiger partial charge in [0.05, 0.1) is 0 Å². The predicted octanol–water partition coefficient (Wildman–Crippen LogP) is 2.73. The maximum Gasteiger partial charge on any atom is 0.289 e. The zero-order valence-corrected chi connectivity index (χ0v) is 17.3. The molecule has 3 heterocycles. The topological polar surface area (TPSA) is 80.1 Å². The summed E-state index contributed by atoms with van der Waals surface area (Å²) in [6.45, 7) is 2.74. The van der Waals surface area contributed by atoms with E-state index in [-0.39, 0.29) is 17.7 Å². The van der Waals surface area contributed by atoms with E-state index in [1.807, 2.05) is 34.9 Å². The fourth-order valence-electron chi connectivity index (χ4n) is 5.37. The number of hydrogen-bond donors (Lipinski definition) is 1. The zero-order chi connectivity index (χ0) is 20.5. The van der Waals surface area contributed by atoms with E-state index >= 15 is 0 Å². The summed E-state index contributed by atoms with van der Waals surface area (Å²) in [4.78, 5) is 27.8. The van der Waals surface area contributed by atoms with Crippen LogP contribution in [0.5, 0.6) is 0 Å². The third-order valence-corrected chi connectivity index (χ3v) is 7.04. The monoisotopic (exact) mass is 407 g/mol. The molecule has 1 saturated carbocycles. The van der Waals surface area contributed by atoms with E-state index in [2.05, 4.69) is 20.4 Å². The van der Waals surface area contributed by atoms with Crippen molar-refractivity contribution in [1.82, 2.24) is 25.0 Å². The number of likely N-dealkylation sites (tertiary alicyclic amines) is 1. The van der Waals surface area contributed by atoms with Crippen LogP contribution in [0.3, 0.4) is 0 Å². The van der Waals surface area contributed by atoms with Gasteiger partial charge in [-0.15, -0.1) is 10.2 Å². The number of benzene rings is 1. The highest BCUT2D eigenvalue weighted by atomic mass is 16.2. The van der Waals surface area contributed by atoms with Gasteiger partial charge in [-0.25, -0.2) is 0 Å². The average Bonchev–Trinajstić information content (AvgIpc) is 3.42. The second-order valence-electron chi connectivity index (χ2n) is 8.94. The van der Waals surface area contributed by atoms with E-state index in [4.69, 9.17) is 0 Å². The molecule has 0 radical (unpaired) electrons. The summed E-state index contributed by atoms with van der Waals surface area (Å²) in [6.07, 6.45) is 6.63. The van der Waals surface area contributed by atoms with Gasteiger partial charge in [0, 0.05) is 38.0 Å². The van der Waals surface area contributed by atoms with Gasteiger partial charge >= 0.3 is 0 Å². The van der Waals surface area contributed by atoms with Crippen LogP contribution in [0.25, 0.3) is 0 Å². The zero-order valence-electron chi connectivity index (χ0n) is 17.3. The number of amides is 2. The lowest BCUT2D eigenvalue weighted by atomic mass is 9.88. The minimum atomic E-state index is -0.191. The Labute approximate surface area is 176 Å². The maximum absolute atomic E-state index is 13.0. The quantitative estimate of drug-likeness (QED) is 0.845. The number of nitrogens with one attached hydrogen (secondary N) is 1. The molecule has 1 aromatic carbocycles. The Morgan fingerprint density at radius 3 is 2.60 bits per heavy atom. The Bertz CT molecular complexity index is 919. The first-order chi connectivity index (χ1) is 14.7. The Kier molecular flexibility index (Phi) is 5.27. The first-order valence-electron chi connectivity index (χ1n) is 11.2. The number of aromatic nitrogens is 3. The van der Waals surface area contributed by atoms with Crippen LogP contribution >= 0.6 is 0 Å². The van der Waals surface area contributed by atoms with E-state index in [1.54, 1.807) is 0 Å². The second-order valence-corrected chi connectivity index (χ2v) is 8.94. The van der Waals surface area contributed by atoms with Crippen molar-refractivity contribution in [2.75, 3.05) is 13.1 Å². The molecule has 1 aliphatic carbocycles. The molecule has 0 spiro atoms. The van der Waals surface area contributed by atoms with Crippen molar-refractivity contribution in [3.63, 3.8) is 0 Å². The highest BCUT2D eigenvalue weighted by molar-refractivity contribution is 5.90. The molecule has 2 atom stereocenters. The van der Waals surface area contributed by atoms with Gasteiger partial charge in [-0.1, -0.05) is 49.6 Å². The van der Waals surface area contributed by atoms with E-state index in [9.17, 15) is 9.59 Å². The van der Waals surface area contributed by atoms with Crippen molar-refractivity contribution < 1.29 is 9.59 Å². The molecule has 2 aromatic rings. The van der Waals surface area contributed by atoms with Gasteiger partial charge in [-0.3, -0.25) is 9.59 Å².